The number of anilines is 2. The molecule has 2 aromatic heterocycles. The highest BCUT2D eigenvalue weighted by molar-refractivity contribution is 5.42. The first-order chi connectivity index (χ1) is 11.0. The smallest absolute Gasteiger partial charge is 0.222 e. The minimum atomic E-state index is 0.294. The number of nitrogen functional groups attached to an aromatic ring is 1. The number of aromatic nitrogens is 3. The van der Waals surface area contributed by atoms with Crippen LogP contribution in [0.4, 0.5) is 11.8 Å². The molecule has 2 aromatic rings. The highest BCUT2D eigenvalue weighted by Crippen LogP contribution is 2.35. The number of nitrogens with two attached hydrogens (primary N) is 2. The van der Waals surface area contributed by atoms with Gasteiger partial charge < -0.3 is 21.3 Å². The van der Waals surface area contributed by atoms with E-state index in [9.17, 15) is 0 Å². The number of rotatable bonds is 6. The summed E-state index contributed by atoms with van der Waals surface area (Å²) in [5.41, 5.74) is 14.8. The molecule has 23 heavy (non-hydrogen) atoms. The third kappa shape index (κ3) is 3.61. The summed E-state index contributed by atoms with van der Waals surface area (Å²) in [7, 11) is 0. The molecule has 0 radical (unpaired) electrons. The zero-order valence-electron chi connectivity index (χ0n) is 13.7. The highest BCUT2D eigenvalue weighted by Gasteiger charge is 2.29. The molecule has 1 fully saturated rings. The molecule has 0 amide bonds. The van der Waals surface area contributed by atoms with E-state index in [-0.39, 0.29) is 0 Å². The predicted molar refractivity (Wildman–Crippen MR) is 89.2 cm³/mol. The Labute approximate surface area is 135 Å². The fraction of sp³-hybridized carbons (Fsp3) is 0.562. The molecule has 2 heterocycles. The van der Waals surface area contributed by atoms with Crippen LogP contribution in [0.1, 0.15) is 47.9 Å². The Hall–Kier alpha value is -2.15. The molecule has 0 spiro atoms. The normalized spacial score (nSPS) is 20.3. The third-order valence-corrected chi connectivity index (χ3v) is 4.45. The Morgan fingerprint density at radius 3 is 2.74 bits per heavy atom. The molecule has 0 bridgehead atoms. The highest BCUT2D eigenvalue weighted by atomic mass is 16.5. The lowest BCUT2D eigenvalue weighted by Crippen LogP contribution is -2.35. The van der Waals surface area contributed by atoms with E-state index in [4.69, 9.17) is 16.0 Å². The molecule has 7 heteroatoms. The summed E-state index contributed by atoms with van der Waals surface area (Å²) < 4.78 is 5.18. The molecule has 0 aromatic carbocycles. The van der Waals surface area contributed by atoms with Gasteiger partial charge in [0.05, 0.1) is 11.4 Å². The van der Waals surface area contributed by atoms with Crippen LogP contribution in [-0.2, 0) is 6.42 Å². The summed E-state index contributed by atoms with van der Waals surface area (Å²) in [5.74, 6) is 2.42. The zero-order valence-corrected chi connectivity index (χ0v) is 13.7. The van der Waals surface area contributed by atoms with Gasteiger partial charge in [-0.15, -0.1) is 0 Å². The maximum atomic E-state index is 5.85. The fourth-order valence-corrected chi connectivity index (χ4v) is 3.03. The van der Waals surface area contributed by atoms with Gasteiger partial charge in [-0.2, -0.15) is 4.98 Å². The van der Waals surface area contributed by atoms with Crippen LogP contribution in [0.5, 0.6) is 0 Å². The molecule has 0 aliphatic heterocycles. The molecule has 0 atom stereocenters. The maximum absolute atomic E-state index is 5.85. The standard InChI is InChI=1S/C16H24N6O/c1-9-13(10(2)23-22-9)4-3-5-19-15-8-14(20-16(18)21-15)11-6-12(17)7-11/h8,11-12H,3-7,17H2,1-2H3,(H3,18,19,20,21). The topological polar surface area (TPSA) is 116 Å². The number of nitrogens with one attached hydrogen (secondary N) is 1. The van der Waals surface area contributed by atoms with Gasteiger partial charge >= 0.3 is 0 Å². The maximum Gasteiger partial charge on any atom is 0.222 e. The number of hydrogen-bond donors (Lipinski definition) is 3. The largest absolute Gasteiger partial charge is 0.370 e. The van der Waals surface area contributed by atoms with Crippen LogP contribution in [0.3, 0.4) is 0 Å². The number of nitrogens with zero attached hydrogens (tertiary/aromatic N) is 3. The molecule has 0 saturated heterocycles. The SMILES string of the molecule is Cc1noc(C)c1CCCNc1cc(C2CC(N)C2)nc(N)n1. The van der Waals surface area contributed by atoms with E-state index in [1.165, 1.54) is 5.56 Å². The van der Waals surface area contributed by atoms with Crippen molar-refractivity contribution in [2.24, 2.45) is 5.73 Å². The van der Waals surface area contributed by atoms with Gasteiger partial charge in [-0.05, 0) is 39.5 Å². The van der Waals surface area contributed by atoms with Gasteiger partial charge in [0.25, 0.3) is 0 Å². The van der Waals surface area contributed by atoms with E-state index >= 15 is 0 Å². The van der Waals surface area contributed by atoms with Gasteiger partial charge in [0.15, 0.2) is 0 Å². The van der Waals surface area contributed by atoms with Gasteiger partial charge in [-0.3, -0.25) is 0 Å². The first-order valence-electron chi connectivity index (χ1n) is 8.08. The van der Waals surface area contributed by atoms with Crippen LogP contribution in [0.25, 0.3) is 0 Å². The molecule has 1 aliphatic rings. The van der Waals surface area contributed by atoms with Crippen LogP contribution in [0.2, 0.25) is 0 Å². The van der Waals surface area contributed by atoms with Gasteiger partial charge in [-0.1, -0.05) is 5.16 Å². The van der Waals surface area contributed by atoms with Crippen molar-refractivity contribution in [3.05, 3.63) is 28.8 Å². The summed E-state index contributed by atoms with van der Waals surface area (Å²) in [4.78, 5) is 8.59. The van der Waals surface area contributed by atoms with Crippen molar-refractivity contribution in [1.82, 2.24) is 15.1 Å². The molecular formula is C16H24N6O. The van der Waals surface area contributed by atoms with Crippen LogP contribution < -0.4 is 16.8 Å². The summed E-state index contributed by atoms with van der Waals surface area (Å²) in [6.45, 7) is 4.73. The summed E-state index contributed by atoms with van der Waals surface area (Å²) in [6, 6.07) is 2.28. The van der Waals surface area contributed by atoms with Crippen molar-refractivity contribution in [3.63, 3.8) is 0 Å². The Balaban J connectivity index is 1.54. The average Bonchev–Trinajstić information content (AvgIpc) is 2.79. The first kappa shape index (κ1) is 15.7. The van der Waals surface area contributed by atoms with Gasteiger partial charge in [0.2, 0.25) is 5.95 Å². The van der Waals surface area contributed by atoms with E-state index in [0.717, 1.165) is 55.2 Å². The molecule has 1 saturated carbocycles. The molecule has 124 valence electrons. The molecule has 1 aliphatic carbocycles. The van der Waals surface area contributed by atoms with E-state index < -0.39 is 0 Å². The molecular weight excluding hydrogens is 292 g/mol. The monoisotopic (exact) mass is 316 g/mol. The minimum absolute atomic E-state index is 0.294. The lowest BCUT2D eigenvalue weighted by molar-refractivity contribution is 0.345. The van der Waals surface area contributed by atoms with Gasteiger partial charge in [0, 0.05) is 30.1 Å². The molecule has 7 nitrogen and oxygen atoms in total. The number of aryl methyl sites for hydroxylation is 2. The van der Waals surface area contributed by atoms with Gasteiger partial charge in [-0.25, -0.2) is 4.98 Å². The van der Waals surface area contributed by atoms with Crippen molar-refractivity contribution < 1.29 is 4.52 Å². The minimum Gasteiger partial charge on any atom is -0.370 e. The summed E-state index contributed by atoms with van der Waals surface area (Å²) in [5, 5.41) is 7.30. The fourth-order valence-electron chi connectivity index (χ4n) is 3.03. The van der Waals surface area contributed by atoms with Crippen LogP contribution >= 0.6 is 0 Å². The van der Waals surface area contributed by atoms with E-state index in [1.54, 1.807) is 0 Å². The van der Waals surface area contributed by atoms with Gasteiger partial charge in [0.1, 0.15) is 11.6 Å². The first-order valence-corrected chi connectivity index (χ1v) is 8.08. The zero-order chi connectivity index (χ0) is 16.4. The third-order valence-electron chi connectivity index (χ3n) is 4.45. The summed E-state index contributed by atoms with van der Waals surface area (Å²) >= 11 is 0. The van der Waals surface area contributed by atoms with Crippen LogP contribution in [0.15, 0.2) is 10.6 Å². The molecule has 3 rings (SSSR count). The number of hydrogen-bond acceptors (Lipinski definition) is 7. The predicted octanol–water partition coefficient (Wildman–Crippen LogP) is 1.91. The lowest BCUT2D eigenvalue weighted by atomic mass is 9.78. The lowest BCUT2D eigenvalue weighted by Gasteiger charge is -2.32. The molecule has 0 unspecified atom stereocenters. The van der Waals surface area contributed by atoms with Crippen LogP contribution in [-0.4, -0.2) is 27.7 Å². The second-order valence-corrected chi connectivity index (χ2v) is 6.30. The Morgan fingerprint density at radius 1 is 1.30 bits per heavy atom. The van der Waals surface area contributed by atoms with E-state index in [0.29, 0.717) is 17.9 Å². The van der Waals surface area contributed by atoms with Crippen molar-refractivity contribution in [3.8, 4) is 0 Å². The van der Waals surface area contributed by atoms with Crippen molar-refractivity contribution in [2.75, 3.05) is 17.6 Å². The van der Waals surface area contributed by atoms with Crippen LogP contribution in [0, 0.1) is 13.8 Å². The van der Waals surface area contributed by atoms with Crippen molar-refractivity contribution in [2.45, 2.75) is 51.5 Å². The van der Waals surface area contributed by atoms with E-state index in [1.807, 2.05) is 19.9 Å². The average molecular weight is 316 g/mol. The quantitative estimate of drug-likeness (QED) is 0.697. The molecule has 5 N–H and O–H groups in total. The second-order valence-electron chi connectivity index (χ2n) is 6.30. The summed E-state index contributed by atoms with van der Waals surface area (Å²) in [6.07, 6.45) is 3.85. The Morgan fingerprint density at radius 2 is 2.09 bits per heavy atom. The Bertz CT molecular complexity index is 658. The van der Waals surface area contributed by atoms with Crippen molar-refractivity contribution >= 4 is 11.8 Å². The second kappa shape index (κ2) is 6.54. The van der Waals surface area contributed by atoms with Crippen molar-refractivity contribution in [1.29, 1.82) is 0 Å². The van der Waals surface area contributed by atoms with E-state index in [2.05, 4.69) is 20.4 Å². The Kier molecular flexibility index (Phi) is 4.47.